The first-order valence-electron chi connectivity index (χ1n) is 9.89. The highest BCUT2D eigenvalue weighted by Crippen LogP contribution is 2.33. The summed E-state index contributed by atoms with van der Waals surface area (Å²) in [6.07, 6.45) is 0.812. The molecule has 30 heavy (non-hydrogen) atoms. The van der Waals surface area contributed by atoms with E-state index >= 15 is 0 Å². The third-order valence-corrected chi connectivity index (χ3v) is 5.16. The highest BCUT2D eigenvalue weighted by atomic mass is 16.3. The van der Waals surface area contributed by atoms with E-state index in [0.717, 1.165) is 28.7 Å². The number of amides is 1. The average molecular weight is 400 g/mol. The standard InChI is InChI=1S/C25H24N2O3/c1-25(2,3)23(18-11-9-16(15-28)10-12-18)27-24(29)20-14-22-19(26-20)13-21(30-22)17-7-5-4-6-8-17/h4-15,23,26H,1-3H3,(H,27,29). The average Bonchev–Trinajstić information content (AvgIpc) is 3.31. The number of rotatable bonds is 5. The lowest BCUT2D eigenvalue weighted by atomic mass is 9.82. The molecule has 0 radical (unpaired) electrons. The van der Waals surface area contributed by atoms with E-state index in [1.165, 1.54) is 0 Å². The Morgan fingerprint density at radius 3 is 2.33 bits per heavy atom. The fourth-order valence-corrected chi connectivity index (χ4v) is 3.56. The molecule has 0 saturated heterocycles. The molecule has 152 valence electrons. The lowest BCUT2D eigenvalue weighted by Crippen LogP contribution is -2.36. The van der Waals surface area contributed by atoms with Gasteiger partial charge in [0.1, 0.15) is 17.7 Å². The Kier molecular flexibility index (Phi) is 5.04. The molecule has 0 spiro atoms. The van der Waals surface area contributed by atoms with Gasteiger partial charge in [0.2, 0.25) is 0 Å². The summed E-state index contributed by atoms with van der Waals surface area (Å²) in [4.78, 5) is 27.1. The second-order valence-corrected chi connectivity index (χ2v) is 8.49. The van der Waals surface area contributed by atoms with E-state index in [9.17, 15) is 9.59 Å². The van der Waals surface area contributed by atoms with E-state index in [4.69, 9.17) is 4.42 Å². The Hall–Kier alpha value is -3.60. The lowest BCUT2D eigenvalue weighted by Gasteiger charge is -2.32. The summed E-state index contributed by atoms with van der Waals surface area (Å²) < 4.78 is 5.92. The first kappa shape index (κ1) is 19.7. The van der Waals surface area contributed by atoms with E-state index in [2.05, 4.69) is 31.1 Å². The number of aldehydes is 1. The summed E-state index contributed by atoms with van der Waals surface area (Å²) in [5.41, 5.74) is 4.19. The fourth-order valence-electron chi connectivity index (χ4n) is 3.56. The Morgan fingerprint density at radius 1 is 1.03 bits per heavy atom. The molecule has 0 fully saturated rings. The SMILES string of the molecule is CC(C)(C)C(NC(=O)c1cc2oc(-c3ccccc3)cc2[nH]1)c1ccc(C=O)cc1. The van der Waals surface area contributed by atoms with Gasteiger partial charge in [0.05, 0.1) is 11.6 Å². The number of furan rings is 1. The molecule has 1 amide bonds. The first-order valence-corrected chi connectivity index (χ1v) is 9.89. The number of hydrogen-bond acceptors (Lipinski definition) is 3. The molecule has 0 saturated carbocycles. The van der Waals surface area contributed by atoms with Gasteiger partial charge in [-0.2, -0.15) is 0 Å². The second-order valence-electron chi connectivity index (χ2n) is 8.49. The van der Waals surface area contributed by atoms with E-state index in [-0.39, 0.29) is 17.4 Å². The van der Waals surface area contributed by atoms with E-state index in [0.29, 0.717) is 16.8 Å². The molecule has 0 aliphatic carbocycles. The van der Waals surface area contributed by atoms with Gasteiger partial charge in [-0.3, -0.25) is 9.59 Å². The smallest absolute Gasteiger partial charge is 0.268 e. The summed E-state index contributed by atoms with van der Waals surface area (Å²) in [5.74, 6) is 0.550. The maximum Gasteiger partial charge on any atom is 0.268 e. The van der Waals surface area contributed by atoms with Crippen LogP contribution in [0, 0.1) is 5.41 Å². The van der Waals surface area contributed by atoms with Crippen LogP contribution < -0.4 is 5.32 Å². The molecule has 4 aromatic rings. The molecule has 2 aromatic carbocycles. The predicted octanol–water partition coefficient (Wildman–Crippen LogP) is 5.76. The molecule has 5 heteroatoms. The van der Waals surface area contributed by atoms with Crippen LogP contribution >= 0.6 is 0 Å². The van der Waals surface area contributed by atoms with Crippen molar-refractivity contribution in [1.29, 1.82) is 0 Å². The monoisotopic (exact) mass is 400 g/mol. The van der Waals surface area contributed by atoms with Crippen molar-refractivity contribution in [2.75, 3.05) is 0 Å². The number of aromatic nitrogens is 1. The quantitative estimate of drug-likeness (QED) is 0.418. The Labute approximate surface area is 175 Å². The number of H-pyrrole nitrogens is 1. The van der Waals surface area contributed by atoms with Crippen LogP contribution in [0.25, 0.3) is 22.4 Å². The fraction of sp³-hybridized carbons (Fsp3) is 0.200. The summed E-state index contributed by atoms with van der Waals surface area (Å²) in [6.45, 7) is 6.20. The number of carbonyl (C=O) groups excluding carboxylic acids is 2. The van der Waals surface area contributed by atoms with Gasteiger partial charge in [-0.15, -0.1) is 0 Å². The van der Waals surface area contributed by atoms with E-state index in [1.807, 2.05) is 48.5 Å². The van der Waals surface area contributed by atoms with Gasteiger partial charge < -0.3 is 14.7 Å². The zero-order valence-electron chi connectivity index (χ0n) is 17.2. The summed E-state index contributed by atoms with van der Waals surface area (Å²) >= 11 is 0. The first-order chi connectivity index (χ1) is 14.3. The van der Waals surface area contributed by atoms with Crippen LogP contribution in [0.3, 0.4) is 0 Å². The molecule has 5 nitrogen and oxygen atoms in total. The van der Waals surface area contributed by atoms with Crippen LogP contribution in [0.1, 0.15) is 53.2 Å². The van der Waals surface area contributed by atoms with Crippen LogP contribution in [0.4, 0.5) is 0 Å². The van der Waals surface area contributed by atoms with Gasteiger partial charge in [-0.1, -0.05) is 75.4 Å². The molecular formula is C25H24N2O3. The lowest BCUT2D eigenvalue weighted by molar-refractivity contribution is 0.0897. The number of nitrogens with one attached hydrogen (secondary N) is 2. The van der Waals surface area contributed by atoms with Crippen LogP contribution in [0.2, 0.25) is 0 Å². The van der Waals surface area contributed by atoms with Gasteiger partial charge >= 0.3 is 0 Å². The largest absolute Gasteiger partial charge is 0.454 e. The van der Waals surface area contributed by atoms with Crippen LogP contribution in [-0.4, -0.2) is 17.2 Å². The Bertz CT molecular complexity index is 1150. The minimum absolute atomic E-state index is 0.206. The summed E-state index contributed by atoms with van der Waals surface area (Å²) in [7, 11) is 0. The number of fused-ring (bicyclic) bond motifs is 1. The zero-order chi connectivity index (χ0) is 21.3. The highest BCUT2D eigenvalue weighted by Gasteiger charge is 2.29. The van der Waals surface area contributed by atoms with Crippen molar-refractivity contribution in [1.82, 2.24) is 10.3 Å². The molecule has 0 aliphatic rings. The Balaban J connectivity index is 1.58. The van der Waals surface area contributed by atoms with Gasteiger partial charge in [-0.05, 0) is 11.0 Å². The molecule has 0 bridgehead atoms. The Morgan fingerprint density at radius 2 is 1.73 bits per heavy atom. The van der Waals surface area contributed by atoms with Gasteiger partial charge in [0, 0.05) is 23.3 Å². The number of aromatic amines is 1. The molecule has 0 aliphatic heterocycles. The molecule has 1 atom stereocenters. The third kappa shape index (κ3) is 3.92. The minimum Gasteiger partial charge on any atom is -0.454 e. The minimum atomic E-state index is -0.222. The number of benzene rings is 2. The number of hydrogen-bond donors (Lipinski definition) is 2. The maximum absolute atomic E-state index is 13.0. The van der Waals surface area contributed by atoms with Crippen molar-refractivity contribution in [2.45, 2.75) is 26.8 Å². The molecule has 2 aromatic heterocycles. The maximum atomic E-state index is 13.0. The van der Waals surface area contributed by atoms with Crippen molar-refractivity contribution in [3.05, 3.63) is 83.6 Å². The normalized spacial score (nSPS) is 12.6. The summed E-state index contributed by atoms with van der Waals surface area (Å²) in [5, 5.41) is 3.12. The van der Waals surface area contributed by atoms with Gasteiger partial charge in [0.15, 0.2) is 5.58 Å². The predicted molar refractivity (Wildman–Crippen MR) is 117 cm³/mol. The molecule has 4 rings (SSSR count). The third-order valence-electron chi connectivity index (χ3n) is 5.16. The van der Waals surface area contributed by atoms with Crippen molar-refractivity contribution < 1.29 is 14.0 Å². The number of carbonyl (C=O) groups is 2. The topological polar surface area (TPSA) is 75.1 Å². The van der Waals surface area contributed by atoms with Gasteiger partial charge in [0.25, 0.3) is 5.91 Å². The van der Waals surface area contributed by atoms with E-state index < -0.39 is 0 Å². The van der Waals surface area contributed by atoms with Crippen LogP contribution in [0.5, 0.6) is 0 Å². The van der Waals surface area contributed by atoms with E-state index in [1.54, 1.807) is 18.2 Å². The van der Waals surface area contributed by atoms with Crippen LogP contribution in [-0.2, 0) is 0 Å². The van der Waals surface area contributed by atoms with Crippen molar-refractivity contribution in [2.24, 2.45) is 5.41 Å². The molecule has 2 N–H and O–H groups in total. The summed E-state index contributed by atoms with van der Waals surface area (Å²) in [6, 6.07) is 20.5. The second kappa shape index (κ2) is 7.67. The van der Waals surface area contributed by atoms with Gasteiger partial charge in [-0.25, -0.2) is 0 Å². The molecule has 2 heterocycles. The van der Waals surface area contributed by atoms with Crippen molar-refractivity contribution in [3.8, 4) is 11.3 Å². The van der Waals surface area contributed by atoms with Crippen molar-refractivity contribution in [3.63, 3.8) is 0 Å². The van der Waals surface area contributed by atoms with Crippen molar-refractivity contribution >= 4 is 23.3 Å². The highest BCUT2D eigenvalue weighted by molar-refractivity contribution is 5.97. The zero-order valence-corrected chi connectivity index (χ0v) is 17.2. The molecular weight excluding hydrogens is 376 g/mol. The molecule has 1 unspecified atom stereocenters. The van der Waals surface area contributed by atoms with Crippen LogP contribution in [0.15, 0.2) is 71.1 Å².